The number of hydrogen-bond donors (Lipinski definition) is 3. The summed E-state index contributed by atoms with van der Waals surface area (Å²) in [5, 5.41) is 31.4. The molecule has 0 bridgehead atoms. The van der Waals surface area contributed by atoms with Gasteiger partial charge in [0.25, 0.3) is 0 Å². The molecular weight excluding hydrogens is 276 g/mol. The third kappa shape index (κ3) is 3.74. The minimum Gasteiger partial charge on any atom is -0.392 e. The summed E-state index contributed by atoms with van der Waals surface area (Å²) in [6, 6.07) is 18.6. The quantitative estimate of drug-likeness (QED) is 0.768. The molecule has 0 amide bonds. The lowest BCUT2D eigenvalue weighted by atomic mass is 9.82. The Bertz CT molecular complexity index is 504. The molecule has 4 atom stereocenters. The average molecular weight is 300 g/mol. The summed E-state index contributed by atoms with van der Waals surface area (Å²) in [5.41, 5.74) is 1.55. The largest absolute Gasteiger partial charge is 0.392 e. The van der Waals surface area contributed by atoms with Crippen LogP contribution in [0.1, 0.15) is 37.2 Å². The SMILES string of the molecule is C[C@@H](C(O)[C@H](C)[C@@H](O)c1ccccc1)[C@@H](O)c1ccccc1. The second-order valence-electron chi connectivity index (χ2n) is 5.92. The van der Waals surface area contributed by atoms with Crippen LogP contribution in [0.2, 0.25) is 0 Å². The topological polar surface area (TPSA) is 60.7 Å². The predicted octanol–water partition coefficient (Wildman–Crippen LogP) is 3.09. The molecule has 0 saturated heterocycles. The molecule has 3 nitrogen and oxygen atoms in total. The Hall–Kier alpha value is -1.68. The summed E-state index contributed by atoms with van der Waals surface area (Å²) in [7, 11) is 0. The smallest absolute Gasteiger partial charge is 0.0840 e. The maximum Gasteiger partial charge on any atom is 0.0840 e. The van der Waals surface area contributed by atoms with E-state index < -0.39 is 18.3 Å². The van der Waals surface area contributed by atoms with E-state index in [1.807, 2.05) is 60.7 Å². The maximum absolute atomic E-state index is 10.5. The third-order valence-corrected chi connectivity index (χ3v) is 4.36. The highest BCUT2D eigenvalue weighted by Gasteiger charge is 2.32. The molecule has 2 rings (SSSR count). The van der Waals surface area contributed by atoms with Crippen molar-refractivity contribution in [1.82, 2.24) is 0 Å². The van der Waals surface area contributed by atoms with E-state index in [1.54, 1.807) is 13.8 Å². The Balaban J connectivity index is 2.08. The van der Waals surface area contributed by atoms with E-state index in [9.17, 15) is 15.3 Å². The van der Waals surface area contributed by atoms with Crippen LogP contribution in [0.25, 0.3) is 0 Å². The van der Waals surface area contributed by atoms with Gasteiger partial charge in [0, 0.05) is 11.8 Å². The van der Waals surface area contributed by atoms with Crippen LogP contribution in [0.5, 0.6) is 0 Å². The van der Waals surface area contributed by atoms with Crippen molar-refractivity contribution in [3.63, 3.8) is 0 Å². The summed E-state index contributed by atoms with van der Waals surface area (Å²) < 4.78 is 0. The zero-order valence-corrected chi connectivity index (χ0v) is 13.0. The predicted molar refractivity (Wildman–Crippen MR) is 87.1 cm³/mol. The standard InChI is InChI=1S/C19H24O3/c1-13(18(21)15-9-5-3-6-10-15)17(20)14(2)19(22)16-11-7-4-8-12-16/h3-14,17-22H,1-2H3/t13-,14-,18+,19+/m0/s1. The van der Waals surface area contributed by atoms with Gasteiger partial charge in [-0.3, -0.25) is 0 Å². The molecule has 2 aromatic rings. The number of aliphatic hydroxyl groups is 3. The second kappa shape index (κ2) is 7.54. The van der Waals surface area contributed by atoms with Crippen molar-refractivity contribution in [1.29, 1.82) is 0 Å². The van der Waals surface area contributed by atoms with Crippen LogP contribution in [-0.4, -0.2) is 21.4 Å². The Morgan fingerprint density at radius 1 is 0.591 bits per heavy atom. The van der Waals surface area contributed by atoms with E-state index in [0.717, 1.165) is 11.1 Å². The lowest BCUT2D eigenvalue weighted by Crippen LogP contribution is -2.33. The number of aliphatic hydroxyl groups excluding tert-OH is 3. The molecule has 2 aromatic carbocycles. The Morgan fingerprint density at radius 2 is 0.909 bits per heavy atom. The van der Waals surface area contributed by atoms with Gasteiger partial charge in [-0.15, -0.1) is 0 Å². The Morgan fingerprint density at radius 3 is 1.23 bits per heavy atom. The fourth-order valence-corrected chi connectivity index (χ4v) is 2.76. The number of benzene rings is 2. The van der Waals surface area contributed by atoms with Crippen molar-refractivity contribution in [2.24, 2.45) is 11.8 Å². The molecule has 118 valence electrons. The van der Waals surface area contributed by atoms with Gasteiger partial charge in [0.1, 0.15) is 0 Å². The molecule has 0 heterocycles. The van der Waals surface area contributed by atoms with E-state index in [-0.39, 0.29) is 11.8 Å². The van der Waals surface area contributed by atoms with Crippen LogP contribution in [0.3, 0.4) is 0 Å². The molecule has 0 aliphatic rings. The van der Waals surface area contributed by atoms with Gasteiger partial charge in [-0.25, -0.2) is 0 Å². The fourth-order valence-electron chi connectivity index (χ4n) is 2.76. The van der Waals surface area contributed by atoms with Crippen LogP contribution in [0, 0.1) is 11.8 Å². The fraction of sp³-hybridized carbons (Fsp3) is 0.368. The first-order valence-corrected chi connectivity index (χ1v) is 7.66. The maximum atomic E-state index is 10.5. The van der Waals surface area contributed by atoms with Gasteiger partial charge in [-0.05, 0) is 11.1 Å². The minimum atomic E-state index is -0.814. The average Bonchev–Trinajstić information content (AvgIpc) is 2.60. The monoisotopic (exact) mass is 300 g/mol. The number of hydrogen-bond acceptors (Lipinski definition) is 3. The Kier molecular flexibility index (Phi) is 5.72. The van der Waals surface area contributed by atoms with Crippen LogP contribution in [0.4, 0.5) is 0 Å². The minimum absolute atomic E-state index is 0.379. The molecule has 3 heteroatoms. The second-order valence-corrected chi connectivity index (χ2v) is 5.92. The number of rotatable bonds is 6. The molecule has 22 heavy (non-hydrogen) atoms. The first kappa shape index (κ1) is 16.7. The first-order chi connectivity index (χ1) is 10.5. The van der Waals surface area contributed by atoms with E-state index >= 15 is 0 Å². The molecule has 0 spiro atoms. The van der Waals surface area contributed by atoms with Gasteiger partial charge < -0.3 is 15.3 Å². The highest BCUT2D eigenvalue weighted by Crippen LogP contribution is 2.32. The summed E-state index contributed by atoms with van der Waals surface area (Å²) in [4.78, 5) is 0. The molecule has 0 unspecified atom stereocenters. The molecule has 0 fully saturated rings. The summed E-state index contributed by atoms with van der Waals surface area (Å²) in [6.45, 7) is 3.60. The summed E-state index contributed by atoms with van der Waals surface area (Å²) >= 11 is 0. The zero-order valence-electron chi connectivity index (χ0n) is 13.0. The van der Waals surface area contributed by atoms with Crippen LogP contribution in [-0.2, 0) is 0 Å². The lowest BCUT2D eigenvalue weighted by Gasteiger charge is -2.31. The van der Waals surface area contributed by atoms with Gasteiger partial charge in [0.2, 0.25) is 0 Å². The lowest BCUT2D eigenvalue weighted by molar-refractivity contribution is -0.0457. The van der Waals surface area contributed by atoms with Crippen molar-refractivity contribution in [2.45, 2.75) is 32.2 Å². The molecule has 0 aromatic heterocycles. The molecule has 0 aliphatic heterocycles. The first-order valence-electron chi connectivity index (χ1n) is 7.66. The van der Waals surface area contributed by atoms with Gasteiger partial charge in [0.15, 0.2) is 0 Å². The van der Waals surface area contributed by atoms with Crippen molar-refractivity contribution < 1.29 is 15.3 Å². The van der Waals surface area contributed by atoms with Crippen molar-refractivity contribution in [3.8, 4) is 0 Å². The summed E-state index contributed by atoms with van der Waals surface area (Å²) in [5.74, 6) is -0.758. The normalized spacial score (nSPS) is 17.0. The zero-order chi connectivity index (χ0) is 16.1. The van der Waals surface area contributed by atoms with Crippen molar-refractivity contribution >= 4 is 0 Å². The van der Waals surface area contributed by atoms with Crippen LogP contribution in [0.15, 0.2) is 60.7 Å². The Labute approximate surface area is 131 Å². The molecule has 0 saturated carbocycles. The van der Waals surface area contributed by atoms with E-state index in [0.29, 0.717) is 0 Å². The highest BCUT2D eigenvalue weighted by molar-refractivity contribution is 5.20. The van der Waals surface area contributed by atoms with Crippen LogP contribution >= 0.6 is 0 Å². The van der Waals surface area contributed by atoms with Gasteiger partial charge >= 0.3 is 0 Å². The van der Waals surface area contributed by atoms with E-state index in [4.69, 9.17) is 0 Å². The van der Waals surface area contributed by atoms with Gasteiger partial charge in [-0.1, -0.05) is 74.5 Å². The molecule has 0 radical (unpaired) electrons. The highest BCUT2D eigenvalue weighted by atomic mass is 16.3. The van der Waals surface area contributed by atoms with E-state index in [1.165, 1.54) is 0 Å². The molecule has 3 N–H and O–H groups in total. The third-order valence-electron chi connectivity index (χ3n) is 4.36. The van der Waals surface area contributed by atoms with E-state index in [2.05, 4.69) is 0 Å². The van der Waals surface area contributed by atoms with Gasteiger partial charge in [-0.2, -0.15) is 0 Å². The van der Waals surface area contributed by atoms with Crippen molar-refractivity contribution in [3.05, 3.63) is 71.8 Å². The van der Waals surface area contributed by atoms with Gasteiger partial charge in [0.05, 0.1) is 18.3 Å². The molecular formula is C19H24O3. The summed E-state index contributed by atoms with van der Waals surface area (Å²) in [6.07, 6.45) is -2.34. The molecule has 0 aliphatic carbocycles. The van der Waals surface area contributed by atoms with Crippen molar-refractivity contribution in [2.75, 3.05) is 0 Å². The van der Waals surface area contributed by atoms with Crippen LogP contribution < -0.4 is 0 Å².